The van der Waals surface area contributed by atoms with Crippen LogP contribution in [0, 0.1) is 5.92 Å². The van der Waals surface area contributed by atoms with Gasteiger partial charge < -0.3 is 15.1 Å². The molecule has 162 valence electrons. The average Bonchev–Trinajstić information content (AvgIpc) is 3.26. The molecule has 0 aliphatic carbocycles. The molecule has 1 aliphatic heterocycles. The smallest absolute Gasteiger partial charge is 0.243 e. The van der Waals surface area contributed by atoms with E-state index in [2.05, 4.69) is 10.6 Å². The largest absolute Gasteiger partial charge is 0.467 e. The minimum absolute atomic E-state index is 0.0670. The van der Waals surface area contributed by atoms with E-state index < -0.39 is 22.0 Å². The molecule has 1 fully saturated rings. The Balaban J connectivity index is 1.57. The Labute approximate surface area is 180 Å². The lowest BCUT2D eigenvalue weighted by Gasteiger charge is -2.31. The summed E-state index contributed by atoms with van der Waals surface area (Å²) in [5.41, 5.74) is 0. The number of hydrogen-bond donors (Lipinski definition) is 2. The molecule has 1 aliphatic rings. The summed E-state index contributed by atoms with van der Waals surface area (Å²) in [4.78, 5) is 25.0. The van der Waals surface area contributed by atoms with E-state index >= 15 is 0 Å². The van der Waals surface area contributed by atoms with Crippen LogP contribution in [0.1, 0.15) is 25.5 Å². The predicted octanol–water partition coefficient (Wildman–Crippen LogP) is 2.15. The van der Waals surface area contributed by atoms with Gasteiger partial charge in [-0.2, -0.15) is 4.31 Å². The second-order valence-electron chi connectivity index (χ2n) is 7.18. The van der Waals surface area contributed by atoms with Crippen LogP contribution in [-0.2, 0) is 26.2 Å². The number of piperidine rings is 1. The first kappa shape index (κ1) is 22.3. The van der Waals surface area contributed by atoms with Crippen molar-refractivity contribution in [2.75, 3.05) is 13.1 Å². The fourth-order valence-corrected chi connectivity index (χ4v) is 4.92. The van der Waals surface area contributed by atoms with Crippen molar-refractivity contribution in [3.05, 3.63) is 53.4 Å². The van der Waals surface area contributed by atoms with Crippen molar-refractivity contribution in [3.8, 4) is 0 Å². The SMILES string of the molecule is C[C@@H](NC(=O)[C@H]1CCCN(S(=O)(=O)c2ccc(Cl)cc2)C1)C(=O)NCc1ccco1. The number of sulfonamides is 1. The van der Waals surface area contributed by atoms with E-state index in [1.54, 1.807) is 19.1 Å². The molecule has 2 heterocycles. The zero-order valence-corrected chi connectivity index (χ0v) is 18.1. The van der Waals surface area contributed by atoms with Gasteiger partial charge in [0.15, 0.2) is 0 Å². The molecule has 1 aromatic carbocycles. The first-order valence-electron chi connectivity index (χ1n) is 9.63. The highest BCUT2D eigenvalue weighted by atomic mass is 35.5. The van der Waals surface area contributed by atoms with Crippen LogP contribution < -0.4 is 10.6 Å². The highest BCUT2D eigenvalue weighted by Crippen LogP contribution is 2.25. The van der Waals surface area contributed by atoms with Crippen molar-refractivity contribution in [1.29, 1.82) is 0 Å². The highest BCUT2D eigenvalue weighted by Gasteiger charge is 2.34. The van der Waals surface area contributed by atoms with Crippen molar-refractivity contribution in [1.82, 2.24) is 14.9 Å². The van der Waals surface area contributed by atoms with Gasteiger partial charge in [-0.25, -0.2) is 8.42 Å². The van der Waals surface area contributed by atoms with E-state index in [9.17, 15) is 18.0 Å². The van der Waals surface area contributed by atoms with Gasteiger partial charge in [-0.15, -0.1) is 0 Å². The van der Waals surface area contributed by atoms with Crippen molar-refractivity contribution in [2.24, 2.45) is 5.92 Å². The summed E-state index contributed by atoms with van der Waals surface area (Å²) in [5.74, 6) is -0.605. The monoisotopic (exact) mass is 453 g/mol. The Morgan fingerprint density at radius 2 is 2.00 bits per heavy atom. The molecule has 3 rings (SSSR count). The topological polar surface area (TPSA) is 109 Å². The average molecular weight is 454 g/mol. The van der Waals surface area contributed by atoms with Gasteiger partial charge in [0.1, 0.15) is 11.8 Å². The molecule has 2 aromatic rings. The summed E-state index contributed by atoms with van der Waals surface area (Å²) >= 11 is 5.84. The Morgan fingerprint density at radius 3 is 2.67 bits per heavy atom. The molecule has 0 saturated carbocycles. The summed E-state index contributed by atoms with van der Waals surface area (Å²) < 4.78 is 32.2. The number of furan rings is 1. The second kappa shape index (κ2) is 9.63. The maximum Gasteiger partial charge on any atom is 0.243 e. The van der Waals surface area contributed by atoms with Gasteiger partial charge in [-0.3, -0.25) is 9.59 Å². The Bertz CT molecular complexity index is 976. The number of benzene rings is 1. The molecular weight excluding hydrogens is 430 g/mol. The van der Waals surface area contributed by atoms with E-state index in [4.69, 9.17) is 16.0 Å². The zero-order valence-electron chi connectivity index (χ0n) is 16.5. The minimum Gasteiger partial charge on any atom is -0.467 e. The fourth-order valence-electron chi connectivity index (χ4n) is 3.27. The standard InChI is InChI=1S/C20H24ClN3O5S/c1-14(19(25)22-12-17-5-3-11-29-17)23-20(26)15-4-2-10-24(13-15)30(27,28)18-8-6-16(21)7-9-18/h3,5-9,11,14-15H,2,4,10,12-13H2,1H3,(H,22,25)(H,23,26)/t14-,15+/m1/s1. The lowest BCUT2D eigenvalue weighted by Crippen LogP contribution is -2.50. The number of nitrogens with one attached hydrogen (secondary N) is 2. The van der Waals surface area contributed by atoms with Gasteiger partial charge in [0, 0.05) is 18.1 Å². The van der Waals surface area contributed by atoms with E-state index in [1.165, 1.54) is 34.8 Å². The molecule has 0 spiro atoms. The van der Waals surface area contributed by atoms with Crippen LogP contribution in [0.3, 0.4) is 0 Å². The molecular formula is C20H24ClN3O5S. The summed E-state index contributed by atoms with van der Waals surface area (Å²) in [6, 6.07) is 8.65. The third-order valence-electron chi connectivity index (χ3n) is 4.98. The van der Waals surface area contributed by atoms with Gasteiger partial charge in [-0.1, -0.05) is 11.6 Å². The lowest BCUT2D eigenvalue weighted by atomic mass is 9.98. The van der Waals surface area contributed by atoms with Crippen molar-refractivity contribution >= 4 is 33.4 Å². The highest BCUT2D eigenvalue weighted by molar-refractivity contribution is 7.89. The molecule has 0 radical (unpaired) electrons. The summed E-state index contributed by atoms with van der Waals surface area (Å²) in [5, 5.41) is 5.81. The van der Waals surface area contributed by atoms with Crippen molar-refractivity contribution in [2.45, 2.75) is 37.2 Å². The Morgan fingerprint density at radius 1 is 1.27 bits per heavy atom. The molecule has 1 saturated heterocycles. The van der Waals surface area contributed by atoms with Crippen LogP contribution in [0.2, 0.25) is 5.02 Å². The second-order valence-corrected chi connectivity index (χ2v) is 9.56. The molecule has 2 amide bonds. The summed E-state index contributed by atoms with van der Waals surface area (Å²) in [6.07, 6.45) is 2.63. The van der Waals surface area contributed by atoms with Gasteiger partial charge >= 0.3 is 0 Å². The van der Waals surface area contributed by atoms with Crippen LogP contribution >= 0.6 is 11.6 Å². The molecule has 2 N–H and O–H groups in total. The molecule has 0 unspecified atom stereocenters. The number of amides is 2. The normalized spacial score (nSPS) is 18.5. The summed E-state index contributed by atoms with van der Waals surface area (Å²) in [6.45, 7) is 2.22. The molecule has 8 nitrogen and oxygen atoms in total. The maximum absolute atomic E-state index is 12.9. The van der Waals surface area contributed by atoms with Crippen LogP contribution in [0.4, 0.5) is 0 Å². The van der Waals surface area contributed by atoms with E-state index in [0.29, 0.717) is 30.2 Å². The Hall–Kier alpha value is -2.36. The van der Waals surface area contributed by atoms with E-state index in [1.807, 2.05) is 0 Å². The number of hydrogen-bond acceptors (Lipinski definition) is 5. The molecule has 10 heteroatoms. The first-order valence-corrected chi connectivity index (χ1v) is 11.5. The number of rotatable bonds is 7. The number of nitrogens with zero attached hydrogens (tertiary/aromatic N) is 1. The van der Waals surface area contributed by atoms with Crippen molar-refractivity contribution < 1.29 is 22.4 Å². The third-order valence-corrected chi connectivity index (χ3v) is 7.11. The first-order chi connectivity index (χ1) is 14.3. The third kappa shape index (κ3) is 5.41. The zero-order chi connectivity index (χ0) is 21.7. The van der Waals surface area contributed by atoms with Crippen LogP contribution in [0.5, 0.6) is 0 Å². The Kier molecular flexibility index (Phi) is 7.17. The van der Waals surface area contributed by atoms with Gasteiger partial charge in [-0.05, 0) is 56.2 Å². The fraction of sp³-hybridized carbons (Fsp3) is 0.400. The molecule has 2 atom stereocenters. The van der Waals surface area contributed by atoms with Gasteiger partial charge in [0.25, 0.3) is 0 Å². The molecule has 0 bridgehead atoms. The lowest BCUT2D eigenvalue weighted by molar-refractivity contribution is -0.131. The van der Waals surface area contributed by atoms with Crippen LogP contribution in [0.15, 0.2) is 52.0 Å². The molecule has 30 heavy (non-hydrogen) atoms. The van der Waals surface area contributed by atoms with Gasteiger partial charge in [0.2, 0.25) is 21.8 Å². The van der Waals surface area contributed by atoms with Gasteiger partial charge in [0.05, 0.1) is 23.6 Å². The quantitative estimate of drug-likeness (QED) is 0.667. The maximum atomic E-state index is 12.9. The number of halogens is 1. The minimum atomic E-state index is -3.72. The number of carbonyl (C=O) groups is 2. The summed E-state index contributed by atoms with van der Waals surface area (Å²) in [7, 11) is -3.72. The number of carbonyl (C=O) groups excluding carboxylic acids is 2. The van der Waals surface area contributed by atoms with Crippen molar-refractivity contribution in [3.63, 3.8) is 0 Å². The predicted molar refractivity (Wildman–Crippen MR) is 111 cm³/mol. The van der Waals surface area contributed by atoms with E-state index in [0.717, 1.165) is 0 Å². The van der Waals surface area contributed by atoms with Crippen LogP contribution in [0.25, 0.3) is 0 Å². The van der Waals surface area contributed by atoms with Crippen LogP contribution in [-0.4, -0.2) is 43.7 Å². The molecule has 1 aromatic heterocycles. The van der Waals surface area contributed by atoms with E-state index in [-0.39, 0.29) is 29.8 Å².